The van der Waals surface area contributed by atoms with Crippen LogP contribution in [0.3, 0.4) is 0 Å². The second-order valence-corrected chi connectivity index (χ2v) is 3.53. The molecule has 1 N–H and O–H groups in total. The number of carbonyl (C=O) groups is 1. The highest BCUT2D eigenvalue weighted by molar-refractivity contribution is 5.70. The topological polar surface area (TPSA) is 37.3 Å². The zero-order valence-electron chi connectivity index (χ0n) is 6.97. The molecule has 0 amide bonds. The van der Waals surface area contributed by atoms with Gasteiger partial charge in [0, 0.05) is 0 Å². The van der Waals surface area contributed by atoms with Gasteiger partial charge in [0.25, 0.3) is 0 Å². The Morgan fingerprint density at radius 3 is 2.31 bits per heavy atom. The molecule has 0 bridgehead atoms. The molecule has 1 fully saturated rings. The smallest absolute Gasteiger partial charge is 0.389 e. The lowest BCUT2D eigenvalue weighted by molar-refractivity contribution is -0.164. The fraction of sp³-hybridized carbons (Fsp3) is 0.875. The summed E-state index contributed by atoms with van der Waals surface area (Å²) in [4.78, 5) is 10.4. The first kappa shape index (κ1) is 10.3. The van der Waals surface area contributed by atoms with Gasteiger partial charge in [-0.15, -0.1) is 0 Å². The van der Waals surface area contributed by atoms with Gasteiger partial charge in [0.05, 0.1) is 12.3 Å². The summed E-state index contributed by atoms with van der Waals surface area (Å²) >= 11 is 0. The van der Waals surface area contributed by atoms with Gasteiger partial charge < -0.3 is 5.11 Å². The molecule has 1 aliphatic rings. The van der Waals surface area contributed by atoms with Crippen LogP contribution < -0.4 is 0 Å². The van der Waals surface area contributed by atoms with Crippen LogP contribution in [-0.4, -0.2) is 17.3 Å². The van der Waals surface area contributed by atoms with Crippen LogP contribution in [0.15, 0.2) is 0 Å². The van der Waals surface area contributed by atoms with Crippen LogP contribution in [0.5, 0.6) is 0 Å². The van der Waals surface area contributed by atoms with Gasteiger partial charge in [0.15, 0.2) is 0 Å². The number of hydrogen-bond donors (Lipinski definition) is 1. The van der Waals surface area contributed by atoms with E-state index in [0.29, 0.717) is 0 Å². The first-order valence-corrected chi connectivity index (χ1v) is 4.18. The van der Waals surface area contributed by atoms with E-state index >= 15 is 0 Å². The van der Waals surface area contributed by atoms with E-state index in [1.807, 2.05) is 0 Å². The van der Waals surface area contributed by atoms with Crippen molar-refractivity contribution in [3.63, 3.8) is 0 Å². The van der Waals surface area contributed by atoms with E-state index in [0.717, 1.165) is 12.8 Å². The van der Waals surface area contributed by atoms with Crippen molar-refractivity contribution in [2.45, 2.75) is 31.9 Å². The largest absolute Gasteiger partial charge is 0.481 e. The lowest BCUT2D eigenvalue weighted by Gasteiger charge is -2.13. The van der Waals surface area contributed by atoms with Crippen LogP contribution in [0.25, 0.3) is 0 Å². The van der Waals surface area contributed by atoms with Crippen molar-refractivity contribution >= 4 is 5.97 Å². The van der Waals surface area contributed by atoms with E-state index in [1.165, 1.54) is 0 Å². The van der Waals surface area contributed by atoms with Gasteiger partial charge in [0.2, 0.25) is 0 Å². The molecule has 0 heterocycles. The minimum absolute atomic E-state index is 0.175. The summed E-state index contributed by atoms with van der Waals surface area (Å²) in [6.07, 6.45) is -3.63. The predicted octanol–water partition coefficient (Wildman–Crippen LogP) is 2.44. The van der Waals surface area contributed by atoms with E-state index in [2.05, 4.69) is 0 Å². The van der Waals surface area contributed by atoms with Gasteiger partial charge in [-0.1, -0.05) is 12.8 Å². The monoisotopic (exact) mass is 196 g/mol. The zero-order chi connectivity index (χ0) is 10.1. The summed E-state index contributed by atoms with van der Waals surface area (Å²) in [7, 11) is 0. The van der Waals surface area contributed by atoms with Gasteiger partial charge in [-0.05, 0) is 12.3 Å². The van der Waals surface area contributed by atoms with E-state index in [-0.39, 0.29) is 12.3 Å². The maximum absolute atomic E-state index is 11.9. The lowest BCUT2D eigenvalue weighted by atomic mass is 9.98. The molecule has 0 aromatic rings. The van der Waals surface area contributed by atoms with Crippen LogP contribution >= 0.6 is 0 Å². The summed E-state index contributed by atoms with van der Waals surface area (Å²) in [5.74, 6) is -2.36. The minimum Gasteiger partial charge on any atom is -0.481 e. The van der Waals surface area contributed by atoms with Crippen molar-refractivity contribution < 1.29 is 23.1 Å². The summed E-state index contributed by atoms with van der Waals surface area (Å²) < 4.78 is 35.6. The number of carboxylic acids is 1. The molecule has 1 atom stereocenters. The van der Waals surface area contributed by atoms with Gasteiger partial charge in [0.1, 0.15) is 0 Å². The Kier molecular flexibility index (Phi) is 2.83. The first-order chi connectivity index (χ1) is 5.88. The second-order valence-electron chi connectivity index (χ2n) is 3.53. The molecular weight excluding hydrogens is 185 g/mol. The molecule has 1 saturated carbocycles. The van der Waals surface area contributed by atoms with Crippen LogP contribution in [0.1, 0.15) is 25.7 Å². The number of aliphatic carboxylic acids is 1. The quantitative estimate of drug-likeness (QED) is 0.749. The predicted molar refractivity (Wildman–Crippen MR) is 39.1 cm³/mol. The SMILES string of the molecule is O=C(O)C(CC1CC1)CC(F)(F)F. The normalized spacial score (nSPS) is 19.9. The maximum atomic E-state index is 11.9. The highest BCUT2D eigenvalue weighted by Crippen LogP contribution is 2.38. The van der Waals surface area contributed by atoms with Crippen LogP contribution in [0, 0.1) is 11.8 Å². The summed E-state index contributed by atoms with van der Waals surface area (Å²) in [6, 6.07) is 0. The highest BCUT2D eigenvalue weighted by Gasteiger charge is 2.38. The molecule has 1 unspecified atom stereocenters. The van der Waals surface area contributed by atoms with Crippen molar-refractivity contribution in [1.82, 2.24) is 0 Å². The van der Waals surface area contributed by atoms with E-state index in [1.54, 1.807) is 0 Å². The molecule has 0 aromatic heterocycles. The van der Waals surface area contributed by atoms with Crippen molar-refractivity contribution in [1.29, 1.82) is 0 Å². The fourth-order valence-electron chi connectivity index (χ4n) is 1.31. The van der Waals surface area contributed by atoms with Gasteiger partial charge in [-0.3, -0.25) is 4.79 Å². The Balaban J connectivity index is 2.41. The molecule has 5 heteroatoms. The van der Waals surface area contributed by atoms with Gasteiger partial charge in [-0.25, -0.2) is 0 Å². The molecule has 0 aromatic carbocycles. The Bertz CT molecular complexity index is 196. The molecular formula is C8H11F3O2. The zero-order valence-corrected chi connectivity index (χ0v) is 6.97. The number of halogens is 3. The van der Waals surface area contributed by atoms with Crippen molar-refractivity contribution in [2.75, 3.05) is 0 Å². The number of carboxylic acid groups (broad SMARTS) is 1. The second kappa shape index (κ2) is 3.55. The third kappa shape index (κ3) is 4.15. The third-order valence-corrected chi connectivity index (χ3v) is 2.14. The van der Waals surface area contributed by atoms with Crippen molar-refractivity contribution in [3.05, 3.63) is 0 Å². The Labute approximate surface area is 73.7 Å². The summed E-state index contributed by atoms with van der Waals surface area (Å²) in [5.41, 5.74) is 0. The Morgan fingerprint density at radius 1 is 1.46 bits per heavy atom. The molecule has 0 spiro atoms. The van der Waals surface area contributed by atoms with E-state index in [9.17, 15) is 18.0 Å². The molecule has 1 rings (SSSR count). The van der Waals surface area contributed by atoms with Gasteiger partial charge >= 0.3 is 12.1 Å². The molecule has 0 radical (unpaired) electrons. The Morgan fingerprint density at radius 2 is 2.00 bits per heavy atom. The first-order valence-electron chi connectivity index (χ1n) is 4.18. The van der Waals surface area contributed by atoms with E-state index < -0.39 is 24.5 Å². The van der Waals surface area contributed by atoms with Crippen molar-refractivity contribution in [3.8, 4) is 0 Å². The van der Waals surface area contributed by atoms with Crippen LogP contribution in [-0.2, 0) is 4.79 Å². The summed E-state index contributed by atoms with van der Waals surface area (Å²) in [6.45, 7) is 0. The van der Waals surface area contributed by atoms with Crippen LogP contribution in [0.2, 0.25) is 0 Å². The average molecular weight is 196 g/mol. The molecule has 13 heavy (non-hydrogen) atoms. The molecule has 2 nitrogen and oxygen atoms in total. The third-order valence-electron chi connectivity index (χ3n) is 2.14. The molecule has 0 saturated heterocycles. The number of rotatable bonds is 4. The molecule has 76 valence electrons. The standard InChI is InChI=1S/C8H11F3O2/c9-8(10,11)4-6(7(12)13)3-5-1-2-5/h5-6H,1-4H2,(H,12,13). The Hall–Kier alpha value is -0.740. The van der Waals surface area contributed by atoms with E-state index in [4.69, 9.17) is 5.11 Å². The van der Waals surface area contributed by atoms with Gasteiger partial charge in [-0.2, -0.15) is 13.2 Å². The van der Waals surface area contributed by atoms with Crippen LogP contribution in [0.4, 0.5) is 13.2 Å². The fourth-order valence-corrected chi connectivity index (χ4v) is 1.31. The molecule has 1 aliphatic carbocycles. The number of alkyl halides is 3. The minimum atomic E-state index is -4.36. The maximum Gasteiger partial charge on any atom is 0.389 e. The molecule has 0 aliphatic heterocycles. The highest BCUT2D eigenvalue weighted by atomic mass is 19.4. The average Bonchev–Trinajstić information content (AvgIpc) is 2.66. The summed E-state index contributed by atoms with van der Waals surface area (Å²) in [5, 5.41) is 8.51. The lowest BCUT2D eigenvalue weighted by Crippen LogP contribution is -2.22. The number of hydrogen-bond acceptors (Lipinski definition) is 1. The van der Waals surface area contributed by atoms with Crippen molar-refractivity contribution in [2.24, 2.45) is 11.8 Å².